The van der Waals surface area contributed by atoms with E-state index in [4.69, 9.17) is 5.73 Å². The number of aromatic nitrogens is 1. The molecule has 21 heavy (non-hydrogen) atoms. The van der Waals surface area contributed by atoms with Crippen LogP contribution in [0.4, 0.5) is 10.8 Å². The first kappa shape index (κ1) is 15.8. The third-order valence-electron chi connectivity index (χ3n) is 3.58. The lowest BCUT2D eigenvalue weighted by Crippen LogP contribution is -2.34. The normalized spacial score (nSPS) is 12.6. The first-order valence-electron chi connectivity index (χ1n) is 7.45. The number of hydrogen-bond donors (Lipinski definition) is 2. The van der Waals surface area contributed by atoms with E-state index in [2.05, 4.69) is 47.5 Å². The van der Waals surface area contributed by atoms with Gasteiger partial charge in [0.15, 0.2) is 0 Å². The van der Waals surface area contributed by atoms with E-state index in [1.54, 1.807) is 0 Å². The molecule has 1 unspecified atom stereocenters. The van der Waals surface area contributed by atoms with Crippen LogP contribution in [0.2, 0.25) is 0 Å². The molecule has 4 nitrogen and oxygen atoms in total. The Kier molecular flexibility index (Phi) is 5.59. The number of nitrogen functional groups attached to an aromatic ring is 1. The molecule has 1 aromatic carbocycles. The molecule has 3 N–H and O–H groups in total. The van der Waals surface area contributed by atoms with E-state index in [1.807, 2.05) is 18.2 Å². The second kappa shape index (κ2) is 7.43. The summed E-state index contributed by atoms with van der Waals surface area (Å²) in [6, 6.07) is 10.5. The fourth-order valence-electron chi connectivity index (χ4n) is 2.42. The van der Waals surface area contributed by atoms with Crippen LogP contribution in [0.1, 0.15) is 20.8 Å². The lowest BCUT2D eigenvalue weighted by atomic mass is 10.1. The maximum atomic E-state index is 6.05. The number of nitrogens with one attached hydrogen (secondary N) is 1. The van der Waals surface area contributed by atoms with E-state index in [9.17, 15) is 0 Å². The Labute approximate surface area is 131 Å². The number of rotatable bonds is 7. The average molecular weight is 304 g/mol. The van der Waals surface area contributed by atoms with Gasteiger partial charge in [0.1, 0.15) is 10.8 Å². The minimum absolute atomic E-state index is 0.354. The highest BCUT2D eigenvalue weighted by atomic mass is 32.1. The number of benzene rings is 1. The zero-order valence-corrected chi connectivity index (χ0v) is 13.8. The van der Waals surface area contributed by atoms with Crippen molar-refractivity contribution in [2.75, 3.05) is 30.7 Å². The van der Waals surface area contributed by atoms with Gasteiger partial charge >= 0.3 is 0 Å². The predicted molar refractivity (Wildman–Crippen MR) is 92.8 cm³/mol. The maximum absolute atomic E-state index is 6.05. The van der Waals surface area contributed by atoms with E-state index in [-0.39, 0.29) is 0 Å². The Hall–Kier alpha value is -1.59. The Morgan fingerprint density at radius 2 is 1.90 bits per heavy atom. The molecule has 0 amide bonds. The average Bonchev–Trinajstić information content (AvgIpc) is 2.86. The molecular weight excluding hydrogens is 280 g/mol. The first-order chi connectivity index (χ1) is 10.2. The largest absolute Gasteiger partial charge is 0.382 e. The molecule has 0 radical (unpaired) electrons. The maximum Gasteiger partial charge on any atom is 0.147 e. The molecule has 1 aromatic heterocycles. The van der Waals surface area contributed by atoms with Crippen LogP contribution in [0, 0.1) is 0 Å². The minimum atomic E-state index is 0.354. The molecule has 0 saturated carbocycles. The fourth-order valence-corrected chi connectivity index (χ4v) is 3.27. The van der Waals surface area contributed by atoms with Crippen molar-refractivity contribution >= 4 is 22.4 Å². The topological polar surface area (TPSA) is 54.2 Å². The summed E-state index contributed by atoms with van der Waals surface area (Å²) in [5, 5.41) is 4.62. The molecule has 0 saturated heterocycles. The molecule has 2 aromatic rings. The lowest BCUT2D eigenvalue weighted by Gasteiger charge is -2.23. The van der Waals surface area contributed by atoms with Crippen LogP contribution in [0.5, 0.6) is 0 Å². The number of nitrogens with two attached hydrogens (primary N) is 1. The van der Waals surface area contributed by atoms with Gasteiger partial charge in [0.2, 0.25) is 0 Å². The van der Waals surface area contributed by atoms with Gasteiger partial charge in [-0.1, -0.05) is 44.2 Å². The summed E-state index contributed by atoms with van der Waals surface area (Å²) in [6.07, 6.45) is 0. The molecule has 0 spiro atoms. The highest BCUT2D eigenvalue weighted by Crippen LogP contribution is 2.36. The Balaban J connectivity index is 2.15. The zero-order valence-electron chi connectivity index (χ0n) is 13.0. The summed E-state index contributed by atoms with van der Waals surface area (Å²) in [5.74, 6) is 0.601. The van der Waals surface area contributed by atoms with Crippen LogP contribution in [0.3, 0.4) is 0 Å². The quantitative estimate of drug-likeness (QED) is 0.821. The van der Waals surface area contributed by atoms with Gasteiger partial charge in [0, 0.05) is 12.6 Å². The molecular formula is C16H24N4S. The van der Waals surface area contributed by atoms with Crippen molar-refractivity contribution in [3.05, 3.63) is 30.3 Å². The standard InChI is InChI=1S/C16H24N4S/c1-4-20(5-2)11-12(3)18-16-14(15(17)19-21-16)13-9-7-6-8-10-13/h6-10,12,18H,4-5,11H2,1-3H3,(H2,17,19). The highest BCUT2D eigenvalue weighted by Gasteiger charge is 2.16. The van der Waals surface area contributed by atoms with Gasteiger partial charge in [0.05, 0.1) is 5.56 Å². The van der Waals surface area contributed by atoms with Gasteiger partial charge in [0.25, 0.3) is 0 Å². The predicted octanol–water partition coefficient (Wildman–Crippen LogP) is 3.53. The molecule has 0 aliphatic carbocycles. The molecule has 5 heteroatoms. The van der Waals surface area contributed by atoms with E-state index >= 15 is 0 Å². The second-order valence-corrected chi connectivity index (χ2v) is 5.94. The molecule has 1 atom stereocenters. The summed E-state index contributed by atoms with van der Waals surface area (Å²) < 4.78 is 4.31. The summed E-state index contributed by atoms with van der Waals surface area (Å²) in [4.78, 5) is 2.41. The number of anilines is 2. The Morgan fingerprint density at radius 1 is 1.24 bits per heavy atom. The van der Waals surface area contributed by atoms with Crippen molar-refractivity contribution in [2.45, 2.75) is 26.8 Å². The lowest BCUT2D eigenvalue weighted by molar-refractivity contribution is 0.295. The van der Waals surface area contributed by atoms with Gasteiger partial charge in [-0.15, -0.1) is 0 Å². The molecule has 0 fully saturated rings. The zero-order chi connectivity index (χ0) is 15.2. The van der Waals surface area contributed by atoms with Crippen LogP contribution in [-0.4, -0.2) is 34.9 Å². The summed E-state index contributed by atoms with van der Waals surface area (Å²) >= 11 is 1.44. The van der Waals surface area contributed by atoms with Crippen LogP contribution < -0.4 is 11.1 Å². The Morgan fingerprint density at radius 3 is 2.52 bits per heavy atom. The van der Waals surface area contributed by atoms with Crippen LogP contribution in [0.25, 0.3) is 11.1 Å². The third kappa shape index (κ3) is 3.95. The third-order valence-corrected chi connectivity index (χ3v) is 4.38. The fraction of sp³-hybridized carbons (Fsp3) is 0.438. The number of hydrogen-bond acceptors (Lipinski definition) is 5. The molecule has 0 bridgehead atoms. The van der Waals surface area contributed by atoms with Crippen molar-refractivity contribution in [1.29, 1.82) is 0 Å². The molecule has 1 heterocycles. The van der Waals surface area contributed by atoms with Crippen LogP contribution >= 0.6 is 11.5 Å². The van der Waals surface area contributed by atoms with E-state index < -0.39 is 0 Å². The van der Waals surface area contributed by atoms with Crippen molar-refractivity contribution < 1.29 is 0 Å². The van der Waals surface area contributed by atoms with Gasteiger partial charge in [-0.3, -0.25) is 0 Å². The van der Waals surface area contributed by atoms with Crippen LogP contribution in [-0.2, 0) is 0 Å². The van der Waals surface area contributed by atoms with Gasteiger partial charge in [-0.2, -0.15) is 4.37 Å². The second-order valence-electron chi connectivity index (χ2n) is 5.17. The van der Waals surface area contributed by atoms with Crippen molar-refractivity contribution in [1.82, 2.24) is 9.27 Å². The number of likely N-dealkylation sites (N-methyl/N-ethyl adjacent to an activating group) is 1. The summed E-state index contributed by atoms with van der Waals surface area (Å²) in [6.45, 7) is 9.73. The highest BCUT2D eigenvalue weighted by molar-refractivity contribution is 7.11. The SMILES string of the molecule is CCN(CC)CC(C)Nc1snc(N)c1-c1ccccc1. The first-order valence-corrected chi connectivity index (χ1v) is 8.22. The van der Waals surface area contributed by atoms with Crippen molar-refractivity contribution in [2.24, 2.45) is 0 Å². The van der Waals surface area contributed by atoms with E-state index in [0.717, 1.165) is 35.8 Å². The summed E-state index contributed by atoms with van der Waals surface area (Å²) in [7, 11) is 0. The smallest absolute Gasteiger partial charge is 0.147 e. The molecule has 0 aliphatic rings. The molecule has 0 aliphatic heterocycles. The summed E-state index contributed by atoms with van der Waals surface area (Å²) in [5.41, 5.74) is 8.18. The minimum Gasteiger partial charge on any atom is -0.382 e. The molecule has 114 valence electrons. The number of nitrogens with zero attached hydrogens (tertiary/aromatic N) is 2. The monoisotopic (exact) mass is 304 g/mol. The van der Waals surface area contributed by atoms with Gasteiger partial charge in [-0.25, -0.2) is 0 Å². The Bertz CT molecular complexity index is 549. The molecule has 2 rings (SSSR count). The van der Waals surface area contributed by atoms with Crippen molar-refractivity contribution in [3.63, 3.8) is 0 Å². The van der Waals surface area contributed by atoms with Crippen LogP contribution in [0.15, 0.2) is 30.3 Å². The van der Waals surface area contributed by atoms with E-state index in [1.165, 1.54) is 11.5 Å². The van der Waals surface area contributed by atoms with Crippen molar-refractivity contribution in [3.8, 4) is 11.1 Å². The van der Waals surface area contributed by atoms with Gasteiger partial charge in [-0.05, 0) is 37.1 Å². The van der Waals surface area contributed by atoms with E-state index in [0.29, 0.717) is 11.9 Å². The van der Waals surface area contributed by atoms with Gasteiger partial charge < -0.3 is 16.0 Å².